The van der Waals surface area contributed by atoms with E-state index in [4.69, 9.17) is 15.0 Å². The van der Waals surface area contributed by atoms with Crippen LogP contribution in [-0.2, 0) is 0 Å². The molecule has 12 rings (SSSR count). The molecule has 0 aliphatic carbocycles. The Morgan fingerprint density at radius 2 is 0.947 bits per heavy atom. The Balaban J connectivity index is 1.01. The lowest BCUT2D eigenvalue weighted by Gasteiger charge is -2.15. The van der Waals surface area contributed by atoms with Gasteiger partial charge in [-0.15, -0.1) is 11.3 Å². The lowest BCUT2D eigenvalue weighted by Crippen LogP contribution is -1.93. The summed E-state index contributed by atoms with van der Waals surface area (Å²) < 4.78 is 2.62. The molecule has 0 aliphatic heterocycles. The van der Waals surface area contributed by atoms with Crippen molar-refractivity contribution in [2.75, 3.05) is 0 Å². The summed E-state index contributed by atoms with van der Waals surface area (Å²) in [5.74, 6) is 0. The lowest BCUT2D eigenvalue weighted by molar-refractivity contribution is 1.37. The summed E-state index contributed by atoms with van der Waals surface area (Å²) in [5, 5.41) is 10.7. The minimum absolute atomic E-state index is 0.909. The summed E-state index contributed by atoms with van der Waals surface area (Å²) in [6.45, 7) is 0. The SMILES string of the molecule is c1ccc(-c2ccc3ccc4ccc(-c5ccc(-c6cccc(-c7nc8ccccc8c8c7ccc7c9ccccc9sc78)c6)c6ccccc56)nc4c3n2)cc1. The molecule has 0 spiro atoms. The standard InChI is InChI=1S/C53H31N3S/c1-2-11-32(12-3-1)45-29-23-33-21-22-34-24-30-47(56-52(34)51(33)54-45)40-26-25-37(38-15-4-5-16-39(38)40)35-13-10-14-36(31-35)50-44-28-27-42-41-17-7-9-20-48(41)57-53(42)49(44)43-18-6-8-19-46(43)55-50/h1-31H. The largest absolute Gasteiger partial charge is 0.247 e. The molecule has 0 amide bonds. The molecule has 0 atom stereocenters. The quantitative estimate of drug-likeness (QED) is 0.169. The first kappa shape index (κ1) is 32.0. The molecule has 57 heavy (non-hydrogen) atoms. The number of rotatable bonds is 4. The van der Waals surface area contributed by atoms with Crippen molar-refractivity contribution in [3.8, 4) is 44.9 Å². The second-order valence-electron chi connectivity index (χ2n) is 14.7. The third kappa shape index (κ3) is 5.08. The number of pyridine rings is 3. The average Bonchev–Trinajstić information content (AvgIpc) is 3.67. The fraction of sp³-hybridized carbons (Fsp3) is 0. The van der Waals surface area contributed by atoms with Crippen molar-refractivity contribution in [1.82, 2.24) is 15.0 Å². The molecule has 0 aliphatic rings. The first-order chi connectivity index (χ1) is 28.2. The normalized spacial score (nSPS) is 11.9. The highest BCUT2D eigenvalue weighted by Crippen LogP contribution is 2.44. The number of thiophene rings is 1. The van der Waals surface area contributed by atoms with Crippen molar-refractivity contribution < 1.29 is 0 Å². The fourth-order valence-electron chi connectivity index (χ4n) is 8.73. The number of fused-ring (bicyclic) bond motifs is 11. The van der Waals surface area contributed by atoms with Gasteiger partial charge in [-0.2, -0.15) is 0 Å². The van der Waals surface area contributed by atoms with Crippen molar-refractivity contribution in [1.29, 1.82) is 0 Å². The Hall–Kier alpha value is -7.27. The first-order valence-corrected chi connectivity index (χ1v) is 20.1. The minimum atomic E-state index is 0.909. The highest BCUT2D eigenvalue weighted by Gasteiger charge is 2.18. The molecule has 8 aromatic carbocycles. The van der Waals surface area contributed by atoms with Gasteiger partial charge >= 0.3 is 0 Å². The van der Waals surface area contributed by atoms with Gasteiger partial charge in [0.2, 0.25) is 0 Å². The van der Waals surface area contributed by atoms with Crippen LogP contribution in [0, 0.1) is 0 Å². The van der Waals surface area contributed by atoms with Gasteiger partial charge in [-0.05, 0) is 52.2 Å². The van der Waals surface area contributed by atoms with Crippen LogP contribution in [0.2, 0.25) is 0 Å². The van der Waals surface area contributed by atoms with Gasteiger partial charge in [0.15, 0.2) is 0 Å². The van der Waals surface area contributed by atoms with Crippen molar-refractivity contribution in [3.63, 3.8) is 0 Å². The summed E-state index contributed by atoms with van der Waals surface area (Å²) in [6, 6.07) is 67.1. The van der Waals surface area contributed by atoms with Crippen LogP contribution in [0.25, 0.3) is 119 Å². The molecule has 0 bridgehead atoms. The fourth-order valence-corrected chi connectivity index (χ4v) is 10.00. The number of hydrogen-bond acceptors (Lipinski definition) is 4. The van der Waals surface area contributed by atoms with Crippen molar-refractivity contribution in [3.05, 3.63) is 188 Å². The van der Waals surface area contributed by atoms with Crippen molar-refractivity contribution in [2.24, 2.45) is 0 Å². The molecule has 0 fully saturated rings. The summed E-state index contributed by atoms with van der Waals surface area (Å²) in [4.78, 5) is 15.8. The molecular formula is C53H31N3S. The minimum Gasteiger partial charge on any atom is -0.247 e. The molecule has 0 radical (unpaired) electrons. The van der Waals surface area contributed by atoms with Gasteiger partial charge in [-0.1, -0.05) is 158 Å². The predicted molar refractivity (Wildman–Crippen MR) is 242 cm³/mol. The van der Waals surface area contributed by atoms with E-state index in [1.54, 1.807) is 0 Å². The van der Waals surface area contributed by atoms with E-state index in [0.717, 1.165) is 72.0 Å². The highest BCUT2D eigenvalue weighted by molar-refractivity contribution is 7.26. The van der Waals surface area contributed by atoms with Gasteiger partial charge in [0.25, 0.3) is 0 Å². The Labute approximate surface area is 332 Å². The van der Waals surface area contributed by atoms with E-state index >= 15 is 0 Å². The number of nitrogens with zero attached hydrogens (tertiary/aromatic N) is 3. The maximum atomic E-state index is 5.35. The number of benzene rings is 8. The zero-order valence-electron chi connectivity index (χ0n) is 30.6. The molecule has 0 saturated heterocycles. The van der Waals surface area contributed by atoms with E-state index in [1.807, 2.05) is 17.4 Å². The molecule has 0 unspecified atom stereocenters. The molecule has 3 nitrogen and oxygen atoms in total. The first-order valence-electron chi connectivity index (χ1n) is 19.3. The third-order valence-corrected chi connectivity index (χ3v) is 12.6. The van der Waals surface area contributed by atoms with Gasteiger partial charge in [0.05, 0.1) is 33.6 Å². The van der Waals surface area contributed by atoms with E-state index in [0.29, 0.717) is 0 Å². The zero-order chi connectivity index (χ0) is 37.5. The van der Waals surface area contributed by atoms with Gasteiger partial charge < -0.3 is 0 Å². The van der Waals surface area contributed by atoms with E-state index in [1.165, 1.54) is 47.3 Å². The molecule has 12 aromatic rings. The summed E-state index contributed by atoms with van der Waals surface area (Å²) in [5.41, 5.74) is 11.3. The van der Waals surface area contributed by atoms with E-state index in [2.05, 4.69) is 182 Å². The summed E-state index contributed by atoms with van der Waals surface area (Å²) >= 11 is 1.87. The molecule has 4 heteroatoms. The average molecular weight is 742 g/mol. The van der Waals surface area contributed by atoms with Gasteiger partial charge in [-0.3, -0.25) is 0 Å². The maximum Gasteiger partial charge on any atom is 0.0972 e. The van der Waals surface area contributed by atoms with Gasteiger partial charge in [-0.25, -0.2) is 15.0 Å². The smallest absolute Gasteiger partial charge is 0.0972 e. The Bertz CT molecular complexity index is 3590. The molecule has 0 saturated carbocycles. The van der Waals surface area contributed by atoms with Gasteiger partial charge in [0.1, 0.15) is 0 Å². The Morgan fingerprint density at radius 3 is 1.77 bits per heavy atom. The van der Waals surface area contributed by atoms with E-state index in [-0.39, 0.29) is 0 Å². The van der Waals surface area contributed by atoms with Crippen molar-refractivity contribution >= 4 is 85.8 Å². The van der Waals surface area contributed by atoms with Crippen molar-refractivity contribution in [2.45, 2.75) is 0 Å². The number of hydrogen-bond donors (Lipinski definition) is 0. The van der Waals surface area contributed by atoms with Crippen LogP contribution in [-0.4, -0.2) is 15.0 Å². The number of para-hydroxylation sites is 1. The van der Waals surface area contributed by atoms with Crippen LogP contribution in [0.15, 0.2) is 188 Å². The topological polar surface area (TPSA) is 38.7 Å². The number of aromatic nitrogens is 3. The lowest BCUT2D eigenvalue weighted by atomic mass is 9.91. The van der Waals surface area contributed by atoms with Gasteiger partial charge in [0, 0.05) is 63.8 Å². The van der Waals surface area contributed by atoms with Crippen LogP contribution in [0.4, 0.5) is 0 Å². The molecule has 264 valence electrons. The summed E-state index contributed by atoms with van der Waals surface area (Å²) in [6.07, 6.45) is 0. The van der Waals surface area contributed by atoms with Crippen LogP contribution >= 0.6 is 11.3 Å². The summed E-state index contributed by atoms with van der Waals surface area (Å²) in [7, 11) is 0. The second-order valence-corrected chi connectivity index (χ2v) is 15.7. The van der Waals surface area contributed by atoms with E-state index in [9.17, 15) is 0 Å². The predicted octanol–water partition coefficient (Wildman–Crippen LogP) is 14.7. The van der Waals surface area contributed by atoms with E-state index < -0.39 is 0 Å². The molecular weight excluding hydrogens is 711 g/mol. The second kappa shape index (κ2) is 12.6. The highest BCUT2D eigenvalue weighted by atomic mass is 32.1. The Morgan fingerprint density at radius 1 is 0.351 bits per heavy atom. The monoisotopic (exact) mass is 741 g/mol. The Kier molecular flexibility index (Phi) is 7.10. The zero-order valence-corrected chi connectivity index (χ0v) is 31.5. The maximum absolute atomic E-state index is 5.35. The molecule has 4 heterocycles. The van der Waals surface area contributed by atoms with Crippen LogP contribution in [0.1, 0.15) is 0 Å². The molecule has 4 aromatic heterocycles. The van der Waals surface area contributed by atoms with Crippen LogP contribution in [0.5, 0.6) is 0 Å². The third-order valence-electron chi connectivity index (χ3n) is 11.4. The molecule has 0 N–H and O–H groups in total. The van der Waals surface area contributed by atoms with Crippen LogP contribution < -0.4 is 0 Å². The van der Waals surface area contributed by atoms with Crippen LogP contribution in [0.3, 0.4) is 0 Å².